The summed E-state index contributed by atoms with van der Waals surface area (Å²) >= 11 is 3.09. The molecule has 74 valence electrons. The third-order valence-electron chi connectivity index (χ3n) is 1.33. The van der Waals surface area contributed by atoms with E-state index in [0.29, 0.717) is 11.5 Å². The van der Waals surface area contributed by atoms with E-state index in [0.717, 1.165) is 4.88 Å². The summed E-state index contributed by atoms with van der Waals surface area (Å²) in [5.41, 5.74) is 0. The van der Waals surface area contributed by atoms with Crippen LogP contribution in [0.25, 0.3) is 0 Å². The highest BCUT2D eigenvalue weighted by Gasteiger charge is 2.07. The summed E-state index contributed by atoms with van der Waals surface area (Å²) in [6.45, 7) is 0.381. The molecular weight excluding hydrogens is 315 g/mol. The van der Waals surface area contributed by atoms with Crippen LogP contribution in [0.4, 0.5) is 0 Å². The molecule has 0 spiro atoms. The largest absolute Gasteiger partial charge is 0.465 e. The molecule has 0 fully saturated rings. The van der Waals surface area contributed by atoms with Gasteiger partial charge in [-0.05, 0) is 12.1 Å². The van der Waals surface area contributed by atoms with Crippen molar-refractivity contribution in [2.24, 2.45) is 0 Å². The van der Waals surface area contributed by atoms with Gasteiger partial charge >= 0.3 is 5.97 Å². The van der Waals surface area contributed by atoms with E-state index in [4.69, 9.17) is 3.07 Å². The maximum absolute atomic E-state index is 11.1. The Hall–Kier alpha value is -0.580. The first-order valence-electron chi connectivity index (χ1n) is 3.68. The Bertz CT molecular complexity index is 375. The molecule has 1 heterocycles. The number of esters is 1. The first kappa shape index (κ1) is 11.5. The summed E-state index contributed by atoms with van der Waals surface area (Å²) in [6.07, 6.45) is 0. The fraction of sp³-hybridized carbons (Fsp3) is 0.222. The van der Waals surface area contributed by atoms with Gasteiger partial charge < -0.3 is 7.80 Å². The average Bonchev–Trinajstić information content (AvgIpc) is 2.66. The summed E-state index contributed by atoms with van der Waals surface area (Å²) < 4.78 is 9.32. The molecule has 0 aliphatic rings. The van der Waals surface area contributed by atoms with Crippen molar-refractivity contribution in [3.63, 3.8) is 0 Å². The summed E-state index contributed by atoms with van der Waals surface area (Å²) in [6, 6.07) is 3.49. The number of thiophene rings is 1. The van der Waals surface area contributed by atoms with E-state index in [2.05, 4.69) is 16.6 Å². The molecular formula is C9H7IO3S. The Kier molecular flexibility index (Phi) is 4.93. The highest BCUT2D eigenvalue weighted by Crippen LogP contribution is 2.15. The van der Waals surface area contributed by atoms with E-state index in [1.54, 1.807) is 35.1 Å². The van der Waals surface area contributed by atoms with Gasteiger partial charge in [-0.15, -0.1) is 11.3 Å². The molecule has 0 aromatic carbocycles. The van der Waals surface area contributed by atoms with Gasteiger partial charge in [0.05, 0.1) is 12.0 Å². The van der Waals surface area contributed by atoms with Crippen LogP contribution in [-0.4, -0.2) is 19.7 Å². The number of halogens is 1. The summed E-state index contributed by atoms with van der Waals surface area (Å²) in [5, 5.41) is 0. The normalized spacial score (nSPS) is 9.00. The minimum atomic E-state index is -0.326. The molecule has 1 rings (SSSR count). The van der Waals surface area contributed by atoms with E-state index in [1.165, 1.54) is 18.4 Å². The zero-order valence-corrected chi connectivity index (χ0v) is 10.3. The first-order chi connectivity index (χ1) is 6.77. The minimum absolute atomic E-state index is 0.326. The lowest BCUT2D eigenvalue weighted by molar-refractivity contribution is 0.0606. The standard InChI is InChI=1S/C9H7IO3S/c1-12-9(11)8-5-4-7(14-8)3-2-6-13-10/h4-5H,6H2,1H3. The van der Waals surface area contributed by atoms with Crippen LogP contribution in [0.5, 0.6) is 0 Å². The Morgan fingerprint density at radius 1 is 1.64 bits per heavy atom. The van der Waals surface area contributed by atoms with Crippen molar-refractivity contribution in [1.82, 2.24) is 0 Å². The van der Waals surface area contributed by atoms with Crippen molar-refractivity contribution in [3.05, 3.63) is 21.9 Å². The molecule has 0 atom stereocenters. The third kappa shape index (κ3) is 3.29. The quantitative estimate of drug-likeness (QED) is 0.476. The van der Waals surface area contributed by atoms with Gasteiger partial charge in [-0.2, -0.15) is 0 Å². The highest BCUT2D eigenvalue weighted by molar-refractivity contribution is 14.1. The van der Waals surface area contributed by atoms with E-state index < -0.39 is 0 Å². The lowest BCUT2D eigenvalue weighted by Gasteiger charge is -1.90. The van der Waals surface area contributed by atoms with Gasteiger partial charge in [-0.3, -0.25) is 0 Å². The number of methoxy groups -OCH3 is 1. The summed E-state index contributed by atoms with van der Waals surface area (Å²) in [7, 11) is 1.36. The molecule has 1 aromatic rings. The van der Waals surface area contributed by atoms with Gasteiger partial charge in [0.25, 0.3) is 0 Å². The fourth-order valence-electron chi connectivity index (χ4n) is 0.766. The number of hydrogen-bond acceptors (Lipinski definition) is 4. The second kappa shape index (κ2) is 6.01. The van der Waals surface area contributed by atoms with Crippen LogP contribution in [-0.2, 0) is 7.80 Å². The Labute approximate surface area is 100 Å². The van der Waals surface area contributed by atoms with Gasteiger partial charge in [0.2, 0.25) is 0 Å². The fourth-order valence-corrected chi connectivity index (χ4v) is 1.72. The lowest BCUT2D eigenvalue weighted by atomic mass is 10.4. The zero-order chi connectivity index (χ0) is 10.4. The predicted molar refractivity (Wildman–Crippen MR) is 62.5 cm³/mol. The molecule has 0 amide bonds. The molecule has 0 aliphatic heterocycles. The third-order valence-corrected chi connectivity index (χ3v) is 2.62. The molecule has 0 N–H and O–H groups in total. The summed E-state index contributed by atoms with van der Waals surface area (Å²) in [5.74, 6) is 5.35. The van der Waals surface area contributed by atoms with Gasteiger partial charge in [-0.1, -0.05) is 11.8 Å². The molecule has 5 heteroatoms. The van der Waals surface area contributed by atoms with Gasteiger partial charge in [0, 0.05) is 0 Å². The Balaban J connectivity index is 2.70. The molecule has 0 saturated carbocycles. The van der Waals surface area contributed by atoms with Crippen LogP contribution in [0.15, 0.2) is 12.1 Å². The van der Waals surface area contributed by atoms with E-state index in [1.807, 2.05) is 0 Å². The number of ether oxygens (including phenoxy) is 1. The van der Waals surface area contributed by atoms with Crippen molar-refractivity contribution < 1.29 is 12.6 Å². The van der Waals surface area contributed by atoms with Crippen molar-refractivity contribution >= 4 is 40.3 Å². The summed E-state index contributed by atoms with van der Waals surface area (Å²) in [4.78, 5) is 12.5. The van der Waals surface area contributed by atoms with Crippen molar-refractivity contribution in [1.29, 1.82) is 0 Å². The van der Waals surface area contributed by atoms with Crippen LogP contribution in [0.2, 0.25) is 0 Å². The molecule has 0 radical (unpaired) electrons. The molecule has 0 bridgehead atoms. The zero-order valence-electron chi connectivity index (χ0n) is 7.37. The van der Waals surface area contributed by atoms with Crippen LogP contribution < -0.4 is 0 Å². The highest BCUT2D eigenvalue weighted by atomic mass is 127. The maximum Gasteiger partial charge on any atom is 0.348 e. The monoisotopic (exact) mass is 322 g/mol. The van der Waals surface area contributed by atoms with Crippen LogP contribution in [0.3, 0.4) is 0 Å². The number of carbonyl (C=O) groups excluding carboxylic acids is 1. The van der Waals surface area contributed by atoms with Gasteiger partial charge in [-0.25, -0.2) is 4.79 Å². The number of carbonyl (C=O) groups is 1. The van der Waals surface area contributed by atoms with E-state index in [9.17, 15) is 4.79 Å². The first-order valence-corrected chi connectivity index (χ1v) is 5.38. The van der Waals surface area contributed by atoms with Crippen molar-refractivity contribution in [2.45, 2.75) is 0 Å². The maximum atomic E-state index is 11.1. The molecule has 3 nitrogen and oxygen atoms in total. The van der Waals surface area contributed by atoms with Crippen LogP contribution >= 0.6 is 34.3 Å². The lowest BCUT2D eigenvalue weighted by Crippen LogP contribution is -1.96. The SMILES string of the molecule is COC(=O)c1ccc(C#CCOI)s1. The van der Waals surface area contributed by atoms with Crippen LogP contribution in [0, 0.1) is 11.8 Å². The Morgan fingerprint density at radius 2 is 2.43 bits per heavy atom. The molecule has 0 aliphatic carbocycles. The van der Waals surface area contributed by atoms with E-state index >= 15 is 0 Å². The van der Waals surface area contributed by atoms with Gasteiger partial charge in [0.1, 0.15) is 34.5 Å². The van der Waals surface area contributed by atoms with Gasteiger partial charge in [0.15, 0.2) is 0 Å². The molecule has 0 saturated heterocycles. The molecule has 0 unspecified atom stereocenters. The molecule has 1 aromatic heterocycles. The number of rotatable bonds is 2. The Morgan fingerprint density at radius 3 is 3.07 bits per heavy atom. The minimum Gasteiger partial charge on any atom is -0.465 e. The number of hydrogen-bond donors (Lipinski definition) is 0. The predicted octanol–water partition coefficient (Wildman–Crippen LogP) is 2.25. The second-order valence-corrected chi connectivity index (χ2v) is 3.92. The smallest absolute Gasteiger partial charge is 0.348 e. The topological polar surface area (TPSA) is 35.5 Å². The average molecular weight is 322 g/mol. The van der Waals surface area contributed by atoms with Crippen molar-refractivity contribution in [2.75, 3.05) is 13.7 Å². The molecule has 14 heavy (non-hydrogen) atoms. The second-order valence-electron chi connectivity index (χ2n) is 2.21. The van der Waals surface area contributed by atoms with Crippen molar-refractivity contribution in [3.8, 4) is 11.8 Å². The van der Waals surface area contributed by atoms with Crippen LogP contribution in [0.1, 0.15) is 14.5 Å². The van der Waals surface area contributed by atoms with E-state index in [-0.39, 0.29) is 5.97 Å².